The fraction of sp³-hybridized carbons (Fsp3) is 0.250. The molecule has 0 saturated heterocycles. The van der Waals surface area contributed by atoms with Gasteiger partial charge in [0.1, 0.15) is 11.6 Å². The number of anilines is 1. The SMILES string of the molecule is Cc1noc(C)c1CNc1cc(F)cc(F)c1F. The molecular formula is C12H11F3N2O. The Balaban J connectivity index is 2.21. The molecule has 3 nitrogen and oxygen atoms in total. The first kappa shape index (κ1) is 12.5. The number of hydrogen-bond acceptors (Lipinski definition) is 3. The summed E-state index contributed by atoms with van der Waals surface area (Å²) in [6.45, 7) is 3.62. The number of hydrogen-bond donors (Lipinski definition) is 1. The lowest BCUT2D eigenvalue weighted by Crippen LogP contribution is -2.05. The molecule has 0 atom stereocenters. The maximum atomic E-state index is 13.4. The molecule has 0 unspecified atom stereocenters. The van der Waals surface area contributed by atoms with Gasteiger partial charge in [0.25, 0.3) is 0 Å². The maximum Gasteiger partial charge on any atom is 0.182 e. The molecule has 2 aromatic rings. The Morgan fingerprint density at radius 1 is 1.22 bits per heavy atom. The van der Waals surface area contributed by atoms with Gasteiger partial charge in [0, 0.05) is 24.2 Å². The molecule has 1 N–H and O–H groups in total. The third-order valence-electron chi connectivity index (χ3n) is 2.63. The lowest BCUT2D eigenvalue weighted by molar-refractivity contribution is 0.392. The van der Waals surface area contributed by atoms with Crippen molar-refractivity contribution in [2.75, 3.05) is 5.32 Å². The Bertz CT molecular complexity index is 561. The van der Waals surface area contributed by atoms with E-state index in [4.69, 9.17) is 4.52 Å². The van der Waals surface area contributed by atoms with Crippen LogP contribution >= 0.6 is 0 Å². The van der Waals surface area contributed by atoms with Crippen molar-refractivity contribution in [1.29, 1.82) is 0 Å². The molecule has 0 aliphatic heterocycles. The highest BCUT2D eigenvalue weighted by molar-refractivity contribution is 5.46. The predicted octanol–water partition coefficient (Wildman–Crippen LogP) is 3.32. The van der Waals surface area contributed by atoms with Crippen LogP contribution in [0, 0.1) is 31.3 Å². The molecule has 0 aliphatic rings. The molecule has 96 valence electrons. The highest BCUT2D eigenvalue weighted by atomic mass is 19.2. The second-order valence-corrected chi connectivity index (χ2v) is 3.91. The standard InChI is InChI=1S/C12H11F3N2O/c1-6-9(7(2)18-17-6)5-16-11-4-8(13)3-10(14)12(11)15/h3-4,16H,5H2,1-2H3. The first-order valence-electron chi connectivity index (χ1n) is 5.29. The molecular weight excluding hydrogens is 245 g/mol. The van der Waals surface area contributed by atoms with Crippen LogP contribution in [0.3, 0.4) is 0 Å². The van der Waals surface area contributed by atoms with E-state index in [-0.39, 0.29) is 12.2 Å². The second-order valence-electron chi connectivity index (χ2n) is 3.91. The van der Waals surface area contributed by atoms with Crippen LogP contribution in [0.15, 0.2) is 16.7 Å². The smallest absolute Gasteiger partial charge is 0.182 e. The van der Waals surface area contributed by atoms with Crippen molar-refractivity contribution < 1.29 is 17.7 Å². The summed E-state index contributed by atoms with van der Waals surface area (Å²) in [4.78, 5) is 0. The molecule has 18 heavy (non-hydrogen) atoms. The van der Waals surface area contributed by atoms with Crippen LogP contribution in [-0.2, 0) is 6.54 Å². The number of rotatable bonds is 3. The summed E-state index contributed by atoms with van der Waals surface area (Å²) in [6.07, 6.45) is 0. The van der Waals surface area contributed by atoms with E-state index < -0.39 is 17.5 Å². The molecule has 0 bridgehead atoms. The van der Waals surface area contributed by atoms with Crippen molar-refractivity contribution in [3.8, 4) is 0 Å². The van der Waals surface area contributed by atoms with Crippen molar-refractivity contribution in [3.63, 3.8) is 0 Å². The van der Waals surface area contributed by atoms with E-state index in [1.54, 1.807) is 13.8 Å². The normalized spacial score (nSPS) is 10.7. The van der Waals surface area contributed by atoms with Gasteiger partial charge in [0.15, 0.2) is 11.6 Å². The number of nitrogens with one attached hydrogen (secondary N) is 1. The van der Waals surface area contributed by atoms with Crippen LogP contribution in [0.2, 0.25) is 0 Å². The zero-order valence-corrected chi connectivity index (χ0v) is 9.85. The lowest BCUT2D eigenvalue weighted by atomic mass is 10.2. The summed E-state index contributed by atoms with van der Waals surface area (Å²) >= 11 is 0. The van der Waals surface area contributed by atoms with Crippen LogP contribution in [0.4, 0.5) is 18.9 Å². The maximum absolute atomic E-state index is 13.4. The van der Waals surface area contributed by atoms with Crippen molar-refractivity contribution >= 4 is 5.69 Å². The molecule has 6 heteroatoms. The number of halogens is 3. The zero-order valence-electron chi connectivity index (χ0n) is 9.85. The number of nitrogens with zero attached hydrogens (tertiary/aromatic N) is 1. The summed E-state index contributed by atoms with van der Waals surface area (Å²) in [5, 5.41) is 6.35. The van der Waals surface area contributed by atoms with Gasteiger partial charge in [-0.2, -0.15) is 0 Å². The third-order valence-corrected chi connectivity index (χ3v) is 2.63. The zero-order chi connectivity index (χ0) is 13.3. The van der Waals surface area contributed by atoms with E-state index in [1.807, 2.05) is 0 Å². The average Bonchev–Trinajstić information content (AvgIpc) is 2.62. The van der Waals surface area contributed by atoms with E-state index >= 15 is 0 Å². The topological polar surface area (TPSA) is 38.1 Å². The molecule has 0 aliphatic carbocycles. The van der Waals surface area contributed by atoms with E-state index in [0.29, 0.717) is 17.5 Å². The number of aryl methyl sites for hydroxylation is 2. The minimum absolute atomic E-state index is 0.182. The van der Waals surface area contributed by atoms with Gasteiger partial charge in [0.2, 0.25) is 0 Å². The molecule has 0 spiro atoms. The van der Waals surface area contributed by atoms with E-state index in [9.17, 15) is 13.2 Å². The first-order chi connectivity index (χ1) is 8.49. The van der Waals surface area contributed by atoms with Crippen molar-refractivity contribution in [3.05, 3.63) is 46.6 Å². The predicted molar refractivity (Wildman–Crippen MR) is 59.6 cm³/mol. The quantitative estimate of drug-likeness (QED) is 0.856. The summed E-state index contributed by atoms with van der Waals surface area (Å²) in [6, 6.07) is 1.40. The second kappa shape index (κ2) is 4.72. The van der Waals surface area contributed by atoms with Gasteiger partial charge in [-0.25, -0.2) is 13.2 Å². The summed E-state index contributed by atoms with van der Waals surface area (Å²) in [5.74, 6) is -2.59. The first-order valence-corrected chi connectivity index (χ1v) is 5.29. The average molecular weight is 256 g/mol. The van der Waals surface area contributed by atoms with Gasteiger partial charge >= 0.3 is 0 Å². The molecule has 0 saturated carbocycles. The van der Waals surface area contributed by atoms with Crippen molar-refractivity contribution in [2.24, 2.45) is 0 Å². The largest absolute Gasteiger partial charge is 0.378 e. The lowest BCUT2D eigenvalue weighted by Gasteiger charge is -2.08. The van der Waals surface area contributed by atoms with E-state index in [0.717, 1.165) is 11.6 Å². The van der Waals surface area contributed by atoms with Crippen LogP contribution in [0.1, 0.15) is 17.0 Å². The highest BCUT2D eigenvalue weighted by Gasteiger charge is 2.13. The van der Waals surface area contributed by atoms with Crippen LogP contribution in [0.25, 0.3) is 0 Å². The van der Waals surface area contributed by atoms with Crippen LogP contribution < -0.4 is 5.32 Å². The van der Waals surface area contributed by atoms with Crippen LogP contribution in [-0.4, -0.2) is 5.16 Å². The Kier molecular flexibility index (Phi) is 3.27. The molecule has 2 rings (SSSR count). The summed E-state index contributed by atoms with van der Waals surface area (Å²) in [7, 11) is 0. The molecule has 1 aromatic heterocycles. The van der Waals surface area contributed by atoms with Crippen LogP contribution in [0.5, 0.6) is 0 Å². The monoisotopic (exact) mass is 256 g/mol. The number of benzene rings is 1. The molecule has 0 amide bonds. The van der Waals surface area contributed by atoms with Gasteiger partial charge in [-0.15, -0.1) is 0 Å². The molecule has 1 heterocycles. The van der Waals surface area contributed by atoms with Gasteiger partial charge in [-0.3, -0.25) is 0 Å². The fourth-order valence-corrected chi connectivity index (χ4v) is 1.62. The Hall–Kier alpha value is -1.98. The fourth-order valence-electron chi connectivity index (χ4n) is 1.62. The minimum Gasteiger partial charge on any atom is -0.378 e. The van der Waals surface area contributed by atoms with E-state index in [1.165, 1.54) is 0 Å². The Morgan fingerprint density at radius 2 is 1.94 bits per heavy atom. The minimum atomic E-state index is -1.23. The Labute approximate surface area is 102 Å². The number of aromatic nitrogens is 1. The van der Waals surface area contributed by atoms with Crippen molar-refractivity contribution in [1.82, 2.24) is 5.16 Å². The van der Waals surface area contributed by atoms with E-state index in [2.05, 4.69) is 10.5 Å². The van der Waals surface area contributed by atoms with Crippen molar-refractivity contribution in [2.45, 2.75) is 20.4 Å². The molecule has 1 aromatic carbocycles. The summed E-state index contributed by atoms with van der Waals surface area (Å²) in [5.41, 5.74) is 1.16. The molecule has 0 radical (unpaired) electrons. The highest BCUT2D eigenvalue weighted by Crippen LogP contribution is 2.21. The summed E-state index contributed by atoms with van der Waals surface area (Å²) < 4.78 is 44.2. The van der Waals surface area contributed by atoms with Gasteiger partial charge in [-0.1, -0.05) is 5.16 Å². The third kappa shape index (κ3) is 2.32. The Morgan fingerprint density at radius 3 is 2.56 bits per heavy atom. The van der Waals surface area contributed by atoms with Gasteiger partial charge in [0.05, 0.1) is 11.4 Å². The van der Waals surface area contributed by atoms with Gasteiger partial charge < -0.3 is 9.84 Å². The molecule has 0 fully saturated rings. The van der Waals surface area contributed by atoms with Gasteiger partial charge in [-0.05, 0) is 13.8 Å².